The molecule has 0 unspecified atom stereocenters. The number of benzene rings is 1. The molecular weight excluding hydrogens is 430 g/mol. The Morgan fingerprint density at radius 3 is 2.34 bits per heavy atom. The molecule has 0 saturated carbocycles. The molecule has 0 aliphatic rings. The lowest BCUT2D eigenvalue weighted by molar-refractivity contribution is -0.129. The third-order valence-electron chi connectivity index (χ3n) is 4.78. The molecule has 32 heavy (non-hydrogen) atoms. The minimum absolute atomic E-state index is 0.00675. The number of nitrogens with one attached hydrogen (secondary N) is 2. The molecule has 2 atom stereocenters. The summed E-state index contributed by atoms with van der Waals surface area (Å²) in [7, 11) is 3.23. The van der Waals surface area contributed by atoms with Crippen molar-refractivity contribution in [3.8, 4) is 5.75 Å². The number of amides is 2. The van der Waals surface area contributed by atoms with Crippen molar-refractivity contribution < 1.29 is 23.8 Å². The molecule has 0 aromatic heterocycles. The summed E-state index contributed by atoms with van der Waals surface area (Å²) in [5.74, 6) is -0.213. The summed E-state index contributed by atoms with van der Waals surface area (Å²) in [5.41, 5.74) is 6.36. The fourth-order valence-corrected chi connectivity index (χ4v) is 3.45. The van der Waals surface area contributed by atoms with Gasteiger partial charge in [-0.05, 0) is 36.5 Å². The van der Waals surface area contributed by atoms with Crippen molar-refractivity contribution in [1.29, 1.82) is 0 Å². The number of ether oxygens (including phenoxy) is 3. The maximum absolute atomic E-state index is 13.0. The number of thiocarbonyl (C=S) groups is 1. The van der Waals surface area contributed by atoms with Gasteiger partial charge in [0.2, 0.25) is 11.8 Å². The first-order chi connectivity index (χ1) is 15.3. The number of carbonyl (C=O) groups excluding carboxylic acids is 2. The van der Waals surface area contributed by atoms with Crippen LogP contribution in [0.1, 0.15) is 32.3 Å². The highest BCUT2D eigenvalue weighted by molar-refractivity contribution is 7.80. The van der Waals surface area contributed by atoms with Gasteiger partial charge in [-0.15, -0.1) is 0 Å². The lowest BCUT2D eigenvalue weighted by Gasteiger charge is -2.25. The van der Waals surface area contributed by atoms with E-state index < -0.39 is 17.9 Å². The molecule has 0 fully saturated rings. The zero-order chi connectivity index (χ0) is 23.9. The predicted octanol–water partition coefficient (Wildman–Crippen LogP) is 1.84. The van der Waals surface area contributed by atoms with Crippen LogP contribution < -0.4 is 21.1 Å². The summed E-state index contributed by atoms with van der Waals surface area (Å²) in [6, 6.07) is 7.16. The molecule has 0 spiro atoms. The Morgan fingerprint density at radius 2 is 1.78 bits per heavy atom. The van der Waals surface area contributed by atoms with Gasteiger partial charge in [-0.1, -0.05) is 38.2 Å². The molecule has 9 heteroatoms. The van der Waals surface area contributed by atoms with E-state index in [-0.39, 0.29) is 18.2 Å². The predicted molar refractivity (Wildman–Crippen MR) is 129 cm³/mol. The van der Waals surface area contributed by atoms with Crippen LogP contribution in [0.25, 0.3) is 0 Å². The Hall–Kier alpha value is -2.23. The second-order valence-corrected chi connectivity index (χ2v) is 8.45. The van der Waals surface area contributed by atoms with Crippen LogP contribution in [0.15, 0.2) is 24.3 Å². The molecule has 0 aliphatic heterocycles. The molecule has 2 amide bonds. The van der Waals surface area contributed by atoms with E-state index in [0.29, 0.717) is 44.2 Å². The van der Waals surface area contributed by atoms with Gasteiger partial charge in [-0.3, -0.25) is 9.59 Å². The van der Waals surface area contributed by atoms with E-state index in [0.717, 1.165) is 11.3 Å². The van der Waals surface area contributed by atoms with E-state index >= 15 is 0 Å². The fraction of sp³-hybridized carbons (Fsp3) is 0.609. The van der Waals surface area contributed by atoms with Gasteiger partial charge in [-0.25, -0.2) is 0 Å². The zero-order valence-electron chi connectivity index (χ0n) is 19.5. The van der Waals surface area contributed by atoms with Gasteiger partial charge in [0, 0.05) is 26.0 Å². The average molecular weight is 468 g/mol. The van der Waals surface area contributed by atoms with E-state index in [1.165, 1.54) is 0 Å². The first-order valence-electron chi connectivity index (χ1n) is 10.8. The Bertz CT molecular complexity index is 712. The summed E-state index contributed by atoms with van der Waals surface area (Å²) in [5, 5.41) is 6.19. The minimum atomic E-state index is -0.494. The van der Waals surface area contributed by atoms with Crippen molar-refractivity contribution in [2.24, 2.45) is 17.6 Å². The highest BCUT2D eigenvalue weighted by Crippen LogP contribution is 2.17. The van der Waals surface area contributed by atoms with E-state index in [9.17, 15) is 9.59 Å². The Morgan fingerprint density at radius 1 is 1.09 bits per heavy atom. The first-order valence-corrected chi connectivity index (χ1v) is 11.2. The van der Waals surface area contributed by atoms with Crippen molar-refractivity contribution in [2.75, 3.05) is 40.6 Å². The van der Waals surface area contributed by atoms with Gasteiger partial charge in [0.1, 0.15) is 5.75 Å². The maximum Gasteiger partial charge on any atom is 0.224 e. The second-order valence-electron chi connectivity index (χ2n) is 8.01. The topological polar surface area (TPSA) is 112 Å². The quantitative estimate of drug-likeness (QED) is 0.251. The van der Waals surface area contributed by atoms with Crippen molar-refractivity contribution in [2.45, 2.75) is 39.2 Å². The fourth-order valence-electron chi connectivity index (χ4n) is 3.21. The SMILES string of the molecule is COCCOCCNC(=S)[C@H](Cc1ccc(OC)cc1)NC(=O)[C@@H](CC(N)=O)CC(C)C. The van der Waals surface area contributed by atoms with Crippen LogP contribution in [0.5, 0.6) is 5.75 Å². The number of rotatable bonds is 16. The van der Waals surface area contributed by atoms with Gasteiger partial charge in [-0.2, -0.15) is 0 Å². The van der Waals surface area contributed by atoms with Crippen LogP contribution in [0, 0.1) is 11.8 Å². The lowest BCUT2D eigenvalue weighted by Crippen LogP contribution is -2.49. The van der Waals surface area contributed by atoms with E-state index in [1.807, 2.05) is 38.1 Å². The number of carbonyl (C=O) groups is 2. The van der Waals surface area contributed by atoms with Gasteiger partial charge in [0.05, 0.1) is 38.0 Å². The Balaban J connectivity index is 2.85. The van der Waals surface area contributed by atoms with Crippen LogP contribution in [0.3, 0.4) is 0 Å². The highest BCUT2D eigenvalue weighted by atomic mass is 32.1. The van der Waals surface area contributed by atoms with Gasteiger partial charge >= 0.3 is 0 Å². The molecule has 0 heterocycles. The Kier molecular flexibility index (Phi) is 13.5. The standard InChI is InChI=1S/C23H37N3O5S/c1-16(2)13-18(15-21(24)27)22(28)26-20(14-17-5-7-19(30-4)8-6-17)23(32)25-9-10-31-12-11-29-3/h5-8,16,18,20H,9-15H2,1-4H3,(H2,24,27)(H,25,32)(H,26,28)/t18-,20+/m1/s1. The minimum Gasteiger partial charge on any atom is -0.497 e. The molecule has 180 valence electrons. The molecule has 0 aliphatic carbocycles. The summed E-state index contributed by atoms with van der Waals surface area (Å²) in [6.45, 7) is 6.01. The number of hydrogen-bond donors (Lipinski definition) is 3. The normalized spacial score (nSPS) is 12.8. The Labute approximate surface area is 196 Å². The number of nitrogens with two attached hydrogens (primary N) is 1. The third-order valence-corrected chi connectivity index (χ3v) is 5.21. The average Bonchev–Trinajstić information content (AvgIpc) is 2.74. The van der Waals surface area contributed by atoms with Crippen LogP contribution >= 0.6 is 12.2 Å². The number of primary amides is 1. The van der Waals surface area contributed by atoms with Crippen LogP contribution in [0.2, 0.25) is 0 Å². The summed E-state index contributed by atoms with van der Waals surface area (Å²) in [4.78, 5) is 25.0. The molecule has 1 aromatic carbocycles. The summed E-state index contributed by atoms with van der Waals surface area (Å²) < 4.78 is 15.6. The summed E-state index contributed by atoms with van der Waals surface area (Å²) in [6.07, 6.45) is 1.07. The van der Waals surface area contributed by atoms with Gasteiger partial charge < -0.3 is 30.6 Å². The molecule has 0 bridgehead atoms. The van der Waals surface area contributed by atoms with E-state index in [4.69, 9.17) is 32.2 Å². The highest BCUT2D eigenvalue weighted by Gasteiger charge is 2.26. The van der Waals surface area contributed by atoms with E-state index in [2.05, 4.69) is 10.6 Å². The monoisotopic (exact) mass is 467 g/mol. The molecule has 1 rings (SSSR count). The van der Waals surface area contributed by atoms with Crippen molar-refractivity contribution in [3.05, 3.63) is 29.8 Å². The van der Waals surface area contributed by atoms with Crippen molar-refractivity contribution in [1.82, 2.24) is 10.6 Å². The van der Waals surface area contributed by atoms with Gasteiger partial charge in [0.15, 0.2) is 0 Å². The van der Waals surface area contributed by atoms with Crippen LogP contribution in [0.4, 0.5) is 0 Å². The van der Waals surface area contributed by atoms with Crippen molar-refractivity contribution in [3.63, 3.8) is 0 Å². The third kappa shape index (κ3) is 11.4. The molecular formula is C23H37N3O5S. The maximum atomic E-state index is 13.0. The molecule has 1 aromatic rings. The van der Waals surface area contributed by atoms with E-state index in [1.54, 1.807) is 14.2 Å². The largest absolute Gasteiger partial charge is 0.497 e. The molecule has 0 saturated heterocycles. The zero-order valence-corrected chi connectivity index (χ0v) is 20.3. The molecule has 8 nitrogen and oxygen atoms in total. The smallest absolute Gasteiger partial charge is 0.224 e. The van der Waals surface area contributed by atoms with Crippen molar-refractivity contribution >= 4 is 29.0 Å². The summed E-state index contributed by atoms with van der Waals surface area (Å²) >= 11 is 5.58. The van der Waals surface area contributed by atoms with Crippen LogP contribution in [-0.4, -0.2) is 63.4 Å². The number of hydrogen-bond acceptors (Lipinski definition) is 6. The molecule has 4 N–H and O–H groups in total. The lowest BCUT2D eigenvalue weighted by atomic mass is 9.92. The molecule has 0 radical (unpaired) electrons. The number of methoxy groups -OCH3 is 2. The van der Waals surface area contributed by atoms with Gasteiger partial charge in [0.25, 0.3) is 0 Å². The second kappa shape index (κ2) is 15.6. The van der Waals surface area contributed by atoms with Crippen LogP contribution in [-0.2, 0) is 25.5 Å². The first kappa shape index (κ1) is 27.8.